The zero-order valence-corrected chi connectivity index (χ0v) is 11.9. The molecule has 0 radical (unpaired) electrons. The van der Waals surface area contributed by atoms with Crippen molar-refractivity contribution in [2.45, 2.75) is 20.3 Å². The van der Waals surface area contributed by atoms with Crippen LogP contribution in [0.25, 0.3) is 0 Å². The first kappa shape index (κ1) is 12.7. The molecule has 0 unspecified atom stereocenters. The Morgan fingerprint density at radius 3 is 2.55 bits per heavy atom. The number of hydrazone groups is 1. The zero-order valence-electron chi connectivity index (χ0n) is 11.9. The molecule has 3 nitrogen and oxygen atoms in total. The molecule has 0 amide bonds. The summed E-state index contributed by atoms with van der Waals surface area (Å²) in [6.07, 6.45) is 0.932. The number of nitrogen functional groups attached to an aromatic ring is 1. The first-order valence-electron chi connectivity index (χ1n) is 6.93. The van der Waals surface area contributed by atoms with Crippen LogP contribution in [-0.2, 0) is 0 Å². The molecule has 3 rings (SSSR count). The molecule has 20 heavy (non-hydrogen) atoms. The van der Waals surface area contributed by atoms with Gasteiger partial charge in [0.25, 0.3) is 0 Å². The summed E-state index contributed by atoms with van der Waals surface area (Å²) in [4.78, 5) is 0. The van der Waals surface area contributed by atoms with Crippen molar-refractivity contribution < 1.29 is 0 Å². The van der Waals surface area contributed by atoms with Crippen LogP contribution in [0.5, 0.6) is 0 Å². The van der Waals surface area contributed by atoms with E-state index in [0.717, 1.165) is 41.2 Å². The third-order valence-corrected chi connectivity index (χ3v) is 3.95. The number of aryl methyl sites for hydroxylation is 1. The summed E-state index contributed by atoms with van der Waals surface area (Å²) >= 11 is 0. The lowest BCUT2D eigenvalue weighted by atomic mass is 9.99. The van der Waals surface area contributed by atoms with Gasteiger partial charge >= 0.3 is 0 Å². The lowest BCUT2D eigenvalue weighted by molar-refractivity contribution is 0.922. The summed E-state index contributed by atoms with van der Waals surface area (Å²) in [5.41, 5.74) is 12.8. The maximum Gasteiger partial charge on any atom is 0.0721 e. The second-order valence-corrected chi connectivity index (χ2v) is 5.22. The highest BCUT2D eigenvalue weighted by molar-refractivity contribution is 6.07. The average Bonchev–Trinajstić information content (AvgIpc) is 2.95. The van der Waals surface area contributed by atoms with E-state index in [4.69, 9.17) is 10.8 Å². The number of nitrogens with zero attached hydrogens (tertiary/aromatic N) is 2. The number of para-hydroxylation sites is 1. The molecule has 1 heterocycles. The Morgan fingerprint density at radius 2 is 1.80 bits per heavy atom. The van der Waals surface area contributed by atoms with Crippen LogP contribution in [0, 0.1) is 13.8 Å². The van der Waals surface area contributed by atoms with Gasteiger partial charge in [-0.05, 0) is 37.1 Å². The van der Waals surface area contributed by atoms with Gasteiger partial charge in [-0.3, -0.25) is 5.01 Å². The molecule has 0 saturated heterocycles. The van der Waals surface area contributed by atoms with Gasteiger partial charge in [-0.25, -0.2) is 0 Å². The molecule has 0 aliphatic carbocycles. The van der Waals surface area contributed by atoms with Crippen LogP contribution in [0.2, 0.25) is 0 Å². The average molecular weight is 265 g/mol. The zero-order chi connectivity index (χ0) is 14.1. The smallest absolute Gasteiger partial charge is 0.0721 e. The van der Waals surface area contributed by atoms with Crippen molar-refractivity contribution in [1.82, 2.24) is 0 Å². The Bertz CT molecular complexity index is 659. The Kier molecular flexibility index (Phi) is 3.18. The fraction of sp³-hybridized carbons (Fsp3) is 0.235. The fourth-order valence-electron chi connectivity index (χ4n) is 2.52. The van der Waals surface area contributed by atoms with Gasteiger partial charge in [-0.1, -0.05) is 30.3 Å². The third kappa shape index (κ3) is 2.16. The standard InChI is InChI=1S/C17H19N3/c1-12-8-9-15(17(18)13(12)2)16-10-11-20(19-16)14-6-4-3-5-7-14/h3-9H,10-11,18H2,1-2H3. The van der Waals surface area contributed by atoms with Crippen LogP contribution < -0.4 is 10.7 Å². The van der Waals surface area contributed by atoms with Crippen molar-refractivity contribution in [2.24, 2.45) is 5.10 Å². The van der Waals surface area contributed by atoms with E-state index in [1.165, 1.54) is 5.56 Å². The summed E-state index contributed by atoms with van der Waals surface area (Å²) in [5.74, 6) is 0. The lowest BCUT2D eigenvalue weighted by Crippen LogP contribution is -2.11. The van der Waals surface area contributed by atoms with Crippen LogP contribution in [0.4, 0.5) is 11.4 Å². The van der Waals surface area contributed by atoms with E-state index in [2.05, 4.69) is 38.1 Å². The highest BCUT2D eigenvalue weighted by Gasteiger charge is 2.19. The van der Waals surface area contributed by atoms with Gasteiger partial charge in [-0.2, -0.15) is 5.10 Å². The van der Waals surface area contributed by atoms with Gasteiger partial charge in [0.05, 0.1) is 11.4 Å². The van der Waals surface area contributed by atoms with Gasteiger partial charge in [0.2, 0.25) is 0 Å². The van der Waals surface area contributed by atoms with Crippen LogP contribution in [-0.4, -0.2) is 12.3 Å². The molecule has 102 valence electrons. The predicted octanol–water partition coefficient (Wildman–Crippen LogP) is 3.50. The maximum atomic E-state index is 6.25. The molecule has 0 spiro atoms. The van der Waals surface area contributed by atoms with Crippen molar-refractivity contribution in [3.05, 3.63) is 59.2 Å². The minimum absolute atomic E-state index is 0.860. The van der Waals surface area contributed by atoms with Crippen LogP contribution in [0.1, 0.15) is 23.1 Å². The minimum atomic E-state index is 0.860. The summed E-state index contributed by atoms with van der Waals surface area (Å²) in [6, 6.07) is 14.5. The number of benzene rings is 2. The molecule has 1 aliphatic heterocycles. The predicted molar refractivity (Wildman–Crippen MR) is 85.3 cm³/mol. The summed E-state index contributed by atoms with van der Waals surface area (Å²) in [5, 5.41) is 6.78. The van der Waals surface area contributed by atoms with E-state index in [1.807, 2.05) is 23.2 Å². The Balaban J connectivity index is 1.95. The second-order valence-electron chi connectivity index (χ2n) is 5.22. The number of anilines is 2. The van der Waals surface area contributed by atoms with Crippen LogP contribution in [0.3, 0.4) is 0 Å². The van der Waals surface area contributed by atoms with E-state index in [1.54, 1.807) is 0 Å². The summed E-state index contributed by atoms with van der Waals surface area (Å²) < 4.78 is 0. The topological polar surface area (TPSA) is 41.6 Å². The first-order chi connectivity index (χ1) is 9.66. The van der Waals surface area contributed by atoms with Gasteiger partial charge in [-0.15, -0.1) is 0 Å². The number of hydrogen-bond acceptors (Lipinski definition) is 3. The summed E-state index contributed by atoms with van der Waals surface area (Å²) in [7, 11) is 0. The lowest BCUT2D eigenvalue weighted by Gasteiger charge is -2.13. The molecule has 0 atom stereocenters. The van der Waals surface area contributed by atoms with Crippen molar-refractivity contribution >= 4 is 17.1 Å². The molecule has 2 N–H and O–H groups in total. The van der Waals surface area contributed by atoms with Gasteiger partial charge in [0, 0.05) is 24.2 Å². The fourth-order valence-corrected chi connectivity index (χ4v) is 2.52. The molecule has 0 fully saturated rings. The normalized spacial score (nSPS) is 14.5. The monoisotopic (exact) mass is 265 g/mol. The van der Waals surface area contributed by atoms with E-state index in [9.17, 15) is 0 Å². The van der Waals surface area contributed by atoms with E-state index in [0.29, 0.717) is 0 Å². The molecule has 0 saturated carbocycles. The third-order valence-electron chi connectivity index (χ3n) is 3.95. The largest absolute Gasteiger partial charge is 0.398 e. The van der Waals surface area contributed by atoms with Crippen molar-refractivity contribution in [2.75, 3.05) is 17.3 Å². The summed E-state index contributed by atoms with van der Waals surface area (Å²) in [6.45, 7) is 5.06. The number of nitrogens with two attached hydrogens (primary N) is 1. The second kappa shape index (κ2) is 5.00. The van der Waals surface area contributed by atoms with Crippen molar-refractivity contribution in [3.63, 3.8) is 0 Å². The number of hydrogen-bond donors (Lipinski definition) is 1. The molecular weight excluding hydrogens is 246 g/mol. The van der Waals surface area contributed by atoms with E-state index >= 15 is 0 Å². The number of rotatable bonds is 2. The minimum Gasteiger partial charge on any atom is -0.398 e. The van der Waals surface area contributed by atoms with Gasteiger partial charge in [0.15, 0.2) is 0 Å². The molecule has 2 aromatic carbocycles. The van der Waals surface area contributed by atoms with Crippen LogP contribution in [0.15, 0.2) is 47.6 Å². The molecule has 3 heteroatoms. The van der Waals surface area contributed by atoms with Gasteiger partial charge in [0.1, 0.15) is 0 Å². The molecular formula is C17H19N3. The first-order valence-corrected chi connectivity index (χ1v) is 6.93. The Morgan fingerprint density at radius 1 is 1.05 bits per heavy atom. The molecule has 0 bridgehead atoms. The SMILES string of the molecule is Cc1ccc(C2=NN(c3ccccc3)CC2)c(N)c1C. The highest BCUT2D eigenvalue weighted by Crippen LogP contribution is 2.26. The van der Waals surface area contributed by atoms with Crippen molar-refractivity contribution in [3.8, 4) is 0 Å². The van der Waals surface area contributed by atoms with Gasteiger partial charge < -0.3 is 5.73 Å². The molecule has 2 aromatic rings. The Hall–Kier alpha value is -2.29. The molecule has 1 aliphatic rings. The van der Waals surface area contributed by atoms with E-state index < -0.39 is 0 Å². The molecule has 0 aromatic heterocycles. The van der Waals surface area contributed by atoms with E-state index in [-0.39, 0.29) is 0 Å². The van der Waals surface area contributed by atoms with Crippen molar-refractivity contribution in [1.29, 1.82) is 0 Å². The Labute approximate surface area is 119 Å². The van der Waals surface area contributed by atoms with Crippen LogP contribution >= 0.6 is 0 Å². The maximum absolute atomic E-state index is 6.25. The highest BCUT2D eigenvalue weighted by atomic mass is 15.5. The quantitative estimate of drug-likeness (QED) is 0.844.